The number of aliphatic hydroxyl groups excluding tert-OH is 1. The van der Waals surface area contributed by atoms with Gasteiger partial charge in [-0.3, -0.25) is 4.79 Å². The molecule has 2 atom stereocenters. The van der Waals surface area contributed by atoms with Gasteiger partial charge in [0.25, 0.3) is 0 Å². The number of benzene rings is 1. The van der Waals surface area contributed by atoms with Gasteiger partial charge in [0.15, 0.2) is 22.9 Å². The molecule has 1 N–H and O–H groups in total. The first-order valence-corrected chi connectivity index (χ1v) is 17.6. The molecular weight excluding hydrogens is 492 g/mol. The molecule has 8 heteroatoms. The van der Waals surface area contributed by atoms with E-state index in [1.165, 1.54) is 19.2 Å². The quantitative estimate of drug-likeness (QED) is 0.263. The summed E-state index contributed by atoms with van der Waals surface area (Å²) in [5.74, 6) is -0.756. The highest BCUT2D eigenvalue weighted by molar-refractivity contribution is 7.93. The molecule has 1 aromatic rings. The minimum Gasteiger partial charge on any atom is -0.468 e. The second kappa shape index (κ2) is 12.8. The smallest absolute Gasteiger partial charge is 0.327 e. The molecule has 1 aromatic carbocycles. The van der Waals surface area contributed by atoms with Crippen LogP contribution in [0.25, 0.3) is 0 Å². The summed E-state index contributed by atoms with van der Waals surface area (Å²) >= 11 is 0. The Balaban J connectivity index is 2.62. The van der Waals surface area contributed by atoms with E-state index in [4.69, 9.17) is 9.16 Å². The Morgan fingerprint density at radius 2 is 1.64 bits per heavy atom. The summed E-state index contributed by atoms with van der Waals surface area (Å²) in [5.41, 5.74) is 0.636. The first-order valence-electron chi connectivity index (χ1n) is 13.2. The van der Waals surface area contributed by atoms with Gasteiger partial charge in [-0.15, -0.1) is 0 Å². The highest BCUT2D eigenvalue weighted by atomic mass is 32.2. The number of hydrogen-bond acceptors (Lipinski definition) is 6. The van der Waals surface area contributed by atoms with Crippen molar-refractivity contribution < 1.29 is 27.5 Å². The minimum atomic E-state index is -4.11. The number of hydrogen-bond donors (Lipinski definition) is 1. The van der Waals surface area contributed by atoms with Crippen LogP contribution in [0.4, 0.5) is 0 Å². The third-order valence-corrected chi connectivity index (χ3v) is 14.7. The van der Waals surface area contributed by atoms with Crippen LogP contribution >= 0.6 is 0 Å². The molecule has 0 bridgehead atoms. The lowest BCUT2D eigenvalue weighted by atomic mass is 9.91. The fourth-order valence-corrected chi connectivity index (χ4v) is 7.49. The van der Waals surface area contributed by atoms with E-state index in [0.29, 0.717) is 18.4 Å². The van der Waals surface area contributed by atoms with Gasteiger partial charge in [0.1, 0.15) is 0 Å². The average molecular weight is 539 g/mol. The molecule has 0 radical (unpaired) electrons. The summed E-state index contributed by atoms with van der Waals surface area (Å²) in [5, 5.41) is 10.8. The summed E-state index contributed by atoms with van der Waals surface area (Å²) in [7, 11) is -5.03. The second-order valence-electron chi connectivity index (χ2n) is 11.6. The van der Waals surface area contributed by atoms with E-state index in [1.807, 2.05) is 0 Å². The Morgan fingerprint density at radius 3 is 2.22 bits per heavy atom. The molecule has 0 aromatic heterocycles. The van der Waals surface area contributed by atoms with Gasteiger partial charge >= 0.3 is 5.97 Å². The molecule has 0 amide bonds. The molecule has 0 spiro atoms. The van der Waals surface area contributed by atoms with E-state index in [-0.39, 0.29) is 29.4 Å². The fraction of sp³-hybridized carbons (Fsp3) is 0.679. The van der Waals surface area contributed by atoms with Gasteiger partial charge in [0.2, 0.25) is 0 Å². The van der Waals surface area contributed by atoms with Crippen molar-refractivity contribution in [3.63, 3.8) is 0 Å². The van der Waals surface area contributed by atoms with Crippen LogP contribution in [-0.2, 0) is 23.8 Å². The third-order valence-electron chi connectivity index (χ3n) is 7.82. The molecule has 204 valence electrons. The summed E-state index contributed by atoms with van der Waals surface area (Å²) in [6, 6.07) is 8.15. The molecule has 0 saturated carbocycles. The number of esters is 1. The number of aliphatic hydroxyl groups is 1. The lowest BCUT2D eigenvalue weighted by Crippen LogP contribution is -2.48. The Kier molecular flexibility index (Phi) is 11.0. The fourth-order valence-electron chi connectivity index (χ4n) is 4.45. The minimum absolute atomic E-state index is 0.0367. The van der Waals surface area contributed by atoms with Gasteiger partial charge in [-0.2, -0.15) is 0 Å². The van der Waals surface area contributed by atoms with Crippen LogP contribution in [0.15, 0.2) is 46.9 Å². The number of rotatable bonds is 6. The van der Waals surface area contributed by atoms with E-state index >= 15 is 0 Å². The molecule has 0 saturated heterocycles. The predicted octanol–water partition coefficient (Wildman–Crippen LogP) is 6.21. The molecule has 36 heavy (non-hydrogen) atoms. The van der Waals surface area contributed by atoms with Gasteiger partial charge < -0.3 is 14.3 Å². The standard InChI is InChI=1S/C28H46O6SSi/c1-27(2,3)36(5,6)34-22-23-20-24(29)16-12-9-7-8-10-15-19-28(21-23,26(30)33-4)35(31,32)25-17-13-11-14-18-25/h11,13-14,17-18,20,24,29H,7-10,12,15-16,19,21-22H2,1-6H3/b23-20-. The van der Waals surface area contributed by atoms with E-state index < -0.39 is 35.0 Å². The van der Waals surface area contributed by atoms with Crippen LogP contribution in [0.2, 0.25) is 18.1 Å². The summed E-state index contributed by atoms with van der Waals surface area (Å²) in [6.45, 7) is 10.9. The maximum Gasteiger partial charge on any atom is 0.327 e. The summed E-state index contributed by atoms with van der Waals surface area (Å²) in [4.78, 5) is 13.6. The van der Waals surface area contributed by atoms with E-state index in [9.17, 15) is 18.3 Å². The zero-order chi connectivity index (χ0) is 27.0. The highest BCUT2D eigenvalue weighted by Gasteiger charge is 2.52. The van der Waals surface area contributed by atoms with E-state index in [2.05, 4.69) is 33.9 Å². The van der Waals surface area contributed by atoms with Crippen molar-refractivity contribution in [2.75, 3.05) is 13.7 Å². The highest BCUT2D eigenvalue weighted by Crippen LogP contribution is 2.40. The van der Waals surface area contributed by atoms with Gasteiger partial charge in [0.05, 0.1) is 24.7 Å². The zero-order valence-electron chi connectivity index (χ0n) is 23.0. The molecular formula is C28H46O6SSi. The molecule has 6 nitrogen and oxygen atoms in total. The SMILES string of the molecule is COC(=O)C1(S(=O)(=O)c2ccccc2)CCCCCCCCC(O)/C=C(\CO[Si](C)(C)C(C)(C)C)C1. The molecule has 0 fully saturated rings. The van der Waals surface area contributed by atoms with Crippen LogP contribution < -0.4 is 0 Å². The van der Waals surface area contributed by atoms with Crippen molar-refractivity contribution >= 4 is 24.1 Å². The van der Waals surface area contributed by atoms with Crippen LogP contribution in [0.1, 0.15) is 78.6 Å². The van der Waals surface area contributed by atoms with Crippen molar-refractivity contribution in [1.82, 2.24) is 0 Å². The van der Waals surface area contributed by atoms with Crippen molar-refractivity contribution in [1.29, 1.82) is 0 Å². The Bertz CT molecular complexity index is 981. The molecule has 1 aliphatic carbocycles. The van der Waals surface area contributed by atoms with Gasteiger partial charge in [-0.1, -0.05) is 83.6 Å². The van der Waals surface area contributed by atoms with Gasteiger partial charge in [-0.05, 0) is 48.7 Å². The topological polar surface area (TPSA) is 89.9 Å². The number of ether oxygens (including phenoxy) is 1. The Hall–Kier alpha value is -1.48. The van der Waals surface area contributed by atoms with Crippen LogP contribution in [0, 0.1) is 0 Å². The second-order valence-corrected chi connectivity index (χ2v) is 18.6. The number of carbonyl (C=O) groups is 1. The van der Waals surface area contributed by atoms with Crippen LogP contribution in [0.5, 0.6) is 0 Å². The molecule has 0 heterocycles. The monoisotopic (exact) mass is 538 g/mol. The van der Waals surface area contributed by atoms with Gasteiger partial charge in [0, 0.05) is 6.42 Å². The van der Waals surface area contributed by atoms with Crippen molar-refractivity contribution in [2.45, 2.75) is 112 Å². The summed E-state index contributed by atoms with van der Waals surface area (Å²) < 4.78 is 38.2. The lowest BCUT2D eigenvalue weighted by molar-refractivity contribution is -0.144. The maximum atomic E-state index is 14.2. The Morgan fingerprint density at radius 1 is 1.06 bits per heavy atom. The van der Waals surface area contributed by atoms with E-state index in [1.54, 1.807) is 24.3 Å². The number of sulfone groups is 1. The molecule has 2 unspecified atom stereocenters. The first kappa shape index (κ1) is 30.7. The van der Waals surface area contributed by atoms with E-state index in [0.717, 1.165) is 32.1 Å². The first-order chi connectivity index (χ1) is 16.8. The third kappa shape index (κ3) is 7.52. The predicted molar refractivity (Wildman–Crippen MR) is 147 cm³/mol. The number of methoxy groups -OCH3 is 1. The molecule has 1 aliphatic rings. The normalized spacial score (nSPS) is 25.0. The average Bonchev–Trinajstić information content (AvgIpc) is 2.83. The van der Waals surface area contributed by atoms with Crippen LogP contribution in [-0.4, -0.2) is 52.4 Å². The molecule has 2 rings (SSSR count). The van der Waals surface area contributed by atoms with Crippen LogP contribution in [0.3, 0.4) is 0 Å². The Labute approximate surface area is 219 Å². The zero-order valence-corrected chi connectivity index (χ0v) is 24.8. The maximum absolute atomic E-state index is 14.2. The molecule has 0 aliphatic heterocycles. The van der Waals surface area contributed by atoms with Gasteiger partial charge in [-0.25, -0.2) is 8.42 Å². The largest absolute Gasteiger partial charge is 0.468 e. The number of carbonyl (C=O) groups excluding carboxylic acids is 1. The van der Waals surface area contributed by atoms with Crippen molar-refractivity contribution in [3.8, 4) is 0 Å². The summed E-state index contributed by atoms with van der Waals surface area (Å²) in [6.07, 6.45) is 7.03. The van der Waals surface area contributed by atoms with Crippen molar-refractivity contribution in [2.24, 2.45) is 0 Å². The van der Waals surface area contributed by atoms with Crippen molar-refractivity contribution in [3.05, 3.63) is 42.0 Å². The lowest BCUT2D eigenvalue weighted by Gasteiger charge is -2.37.